The van der Waals surface area contributed by atoms with Crippen molar-refractivity contribution in [3.05, 3.63) is 34.6 Å². The fourth-order valence-electron chi connectivity index (χ4n) is 1.91. The zero-order chi connectivity index (χ0) is 15.3. The average Bonchev–Trinajstić information content (AvgIpc) is 2.46. The van der Waals surface area contributed by atoms with Gasteiger partial charge in [-0.3, -0.25) is 4.79 Å². The SMILES string of the molecule is CCC(CC)(NC(=O)c1cccc(Cl)c1F)/C(N)=N/O. The van der Waals surface area contributed by atoms with E-state index in [9.17, 15) is 9.18 Å². The van der Waals surface area contributed by atoms with Crippen molar-refractivity contribution < 1.29 is 14.4 Å². The standard InChI is InChI=1S/C13H17ClFN3O2/c1-3-13(4-2,12(16)18-20)17-11(19)8-6-5-7-9(14)10(8)15/h5-7,20H,3-4H2,1-2H3,(H2,16,18)(H,17,19). The van der Waals surface area contributed by atoms with Gasteiger partial charge in [0.15, 0.2) is 11.7 Å². The quantitative estimate of drug-likeness (QED) is 0.338. The number of halogens is 2. The maximum Gasteiger partial charge on any atom is 0.255 e. The lowest BCUT2D eigenvalue weighted by molar-refractivity contribution is 0.0913. The van der Waals surface area contributed by atoms with Gasteiger partial charge in [-0.05, 0) is 25.0 Å². The first-order valence-electron chi connectivity index (χ1n) is 6.16. The highest BCUT2D eigenvalue weighted by atomic mass is 35.5. The number of nitrogens with two attached hydrogens (primary N) is 1. The molecule has 0 saturated heterocycles. The highest BCUT2D eigenvalue weighted by Gasteiger charge is 2.34. The molecule has 20 heavy (non-hydrogen) atoms. The molecular weight excluding hydrogens is 285 g/mol. The van der Waals surface area contributed by atoms with E-state index in [-0.39, 0.29) is 16.4 Å². The molecule has 0 spiro atoms. The van der Waals surface area contributed by atoms with Gasteiger partial charge in [-0.2, -0.15) is 0 Å². The fourth-order valence-corrected chi connectivity index (χ4v) is 2.09. The number of amidine groups is 1. The molecule has 1 aromatic carbocycles. The summed E-state index contributed by atoms with van der Waals surface area (Å²) in [5.41, 5.74) is 4.42. The highest BCUT2D eigenvalue weighted by molar-refractivity contribution is 6.31. The summed E-state index contributed by atoms with van der Waals surface area (Å²) in [6.07, 6.45) is 0.792. The molecule has 0 aliphatic rings. The summed E-state index contributed by atoms with van der Waals surface area (Å²) < 4.78 is 13.8. The van der Waals surface area contributed by atoms with Crippen molar-refractivity contribution in [1.82, 2.24) is 5.32 Å². The van der Waals surface area contributed by atoms with E-state index in [0.717, 1.165) is 0 Å². The molecule has 1 rings (SSSR count). The third kappa shape index (κ3) is 3.01. The fraction of sp³-hybridized carbons (Fsp3) is 0.385. The number of nitrogens with zero attached hydrogens (tertiary/aromatic N) is 1. The molecule has 0 bridgehead atoms. The van der Waals surface area contributed by atoms with Gasteiger partial charge in [0.05, 0.1) is 10.6 Å². The normalized spacial score (nSPS) is 12.3. The Hall–Kier alpha value is -1.82. The second-order valence-electron chi connectivity index (χ2n) is 4.33. The smallest absolute Gasteiger partial charge is 0.255 e. The van der Waals surface area contributed by atoms with Gasteiger partial charge in [-0.25, -0.2) is 4.39 Å². The first-order valence-corrected chi connectivity index (χ1v) is 6.54. The van der Waals surface area contributed by atoms with Crippen molar-refractivity contribution in [1.29, 1.82) is 0 Å². The maximum atomic E-state index is 13.8. The summed E-state index contributed by atoms with van der Waals surface area (Å²) in [7, 11) is 0. The molecule has 4 N–H and O–H groups in total. The van der Waals surface area contributed by atoms with Gasteiger partial charge in [0.2, 0.25) is 0 Å². The van der Waals surface area contributed by atoms with Crippen molar-refractivity contribution in [3.8, 4) is 0 Å². The van der Waals surface area contributed by atoms with Gasteiger partial charge in [0, 0.05) is 0 Å². The first kappa shape index (κ1) is 16.2. The van der Waals surface area contributed by atoms with Crippen LogP contribution in [-0.2, 0) is 0 Å². The summed E-state index contributed by atoms with van der Waals surface area (Å²) in [4.78, 5) is 12.2. The van der Waals surface area contributed by atoms with Crippen LogP contribution >= 0.6 is 11.6 Å². The Morgan fingerprint density at radius 1 is 1.50 bits per heavy atom. The second kappa shape index (κ2) is 6.56. The predicted octanol–water partition coefficient (Wildman–Crippen LogP) is 2.51. The molecule has 0 saturated carbocycles. The van der Waals surface area contributed by atoms with Crippen molar-refractivity contribution >= 4 is 23.3 Å². The number of hydrogen-bond donors (Lipinski definition) is 3. The van der Waals surface area contributed by atoms with Crippen LogP contribution in [0.2, 0.25) is 5.02 Å². The van der Waals surface area contributed by atoms with E-state index >= 15 is 0 Å². The average molecular weight is 302 g/mol. The van der Waals surface area contributed by atoms with Crippen LogP contribution in [0.5, 0.6) is 0 Å². The Kier molecular flexibility index (Phi) is 5.33. The molecule has 1 amide bonds. The molecule has 5 nitrogen and oxygen atoms in total. The van der Waals surface area contributed by atoms with E-state index in [1.165, 1.54) is 18.2 Å². The number of benzene rings is 1. The van der Waals surface area contributed by atoms with Gasteiger partial charge < -0.3 is 16.3 Å². The number of carbonyl (C=O) groups excluding carboxylic acids is 1. The van der Waals surface area contributed by atoms with Crippen LogP contribution in [0, 0.1) is 5.82 Å². The number of amides is 1. The van der Waals surface area contributed by atoms with E-state index in [1.807, 2.05) is 0 Å². The minimum atomic E-state index is -1.03. The molecule has 1 aromatic rings. The van der Waals surface area contributed by atoms with Crippen LogP contribution in [0.25, 0.3) is 0 Å². The number of nitrogens with one attached hydrogen (secondary N) is 1. The second-order valence-corrected chi connectivity index (χ2v) is 4.74. The van der Waals surface area contributed by atoms with Crippen molar-refractivity contribution in [2.75, 3.05) is 0 Å². The molecule has 0 radical (unpaired) electrons. The van der Waals surface area contributed by atoms with Crippen LogP contribution < -0.4 is 11.1 Å². The molecule has 0 atom stereocenters. The summed E-state index contributed by atoms with van der Waals surface area (Å²) >= 11 is 5.64. The minimum Gasteiger partial charge on any atom is -0.409 e. The van der Waals surface area contributed by atoms with Crippen LogP contribution in [-0.4, -0.2) is 22.5 Å². The molecule has 0 fully saturated rings. The van der Waals surface area contributed by atoms with Crippen molar-refractivity contribution in [2.45, 2.75) is 32.2 Å². The number of oxime groups is 1. The lowest BCUT2D eigenvalue weighted by atomic mass is 9.91. The first-order chi connectivity index (χ1) is 9.41. The molecule has 0 aliphatic heterocycles. The number of carbonyl (C=O) groups is 1. The summed E-state index contributed by atoms with van der Waals surface area (Å²) in [5.74, 6) is -1.59. The van der Waals surface area contributed by atoms with Crippen LogP contribution in [0.1, 0.15) is 37.0 Å². The Morgan fingerprint density at radius 2 is 2.10 bits per heavy atom. The van der Waals surface area contributed by atoms with E-state index in [1.54, 1.807) is 13.8 Å². The third-order valence-electron chi connectivity index (χ3n) is 3.35. The Balaban J connectivity index is 3.12. The van der Waals surface area contributed by atoms with Gasteiger partial charge in [-0.1, -0.05) is 36.7 Å². The maximum absolute atomic E-state index is 13.8. The molecule has 0 aromatic heterocycles. The lowest BCUT2D eigenvalue weighted by Gasteiger charge is -2.31. The molecule has 110 valence electrons. The summed E-state index contributed by atoms with van der Waals surface area (Å²) in [6.45, 7) is 3.55. The molecule has 0 aliphatic carbocycles. The molecule has 7 heteroatoms. The van der Waals surface area contributed by atoms with Crippen molar-refractivity contribution in [2.24, 2.45) is 10.9 Å². The monoisotopic (exact) mass is 301 g/mol. The molecular formula is C13H17ClFN3O2. The largest absolute Gasteiger partial charge is 0.409 e. The van der Waals surface area contributed by atoms with Gasteiger partial charge >= 0.3 is 0 Å². The Morgan fingerprint density at radius 3 is 2.60 bits per heavy atom. The molecule has 0 unspecified atom stereocenters. The zero-order valence-corrected chi connectivity index (χ0v) is 12.0. The lowest BCUT2D eigenvalue weighted by Crippen LogP contribution is -2.57. The van der Waals surface area contributed by atoms with Crippen LogP contribution in [0.15, 0.2) is 23.4 Å². The van der Waals surface area contributed by atoms with Crippen LogP contribution in [0.4, 0.5) is 4.39 Å². The molecule has 0 heterocycles. The van der Waals surface area contributed by atoms with E-state index in [2.05, 4.69) is 10.5 Å². The summed E-state index contributed by atoms with van der Waals surface area (Å²) in [5, 5.41) is 14.3. The highest BCUT2D eigenvalue weighted by Crippen LogP contribution is 2.21. The van der Waals surface area contributed by atoms with Gasteiger partial charge in [0.1, 0.15) is 5.54 Å². The number of hydrogen-bond acceptors (Lipinski definition) is 3. The van der Waals surface area contributed by atoms with Crippen molar-refractivity contribution in [3.63, 3.8) is 0 Å². The van der Waals surface area contributed by atoms with Gasteiger partial charge in [0.25, 0.3) is 5.91 Å². The summed E-state index contributed by atoms with van der Waals surface area (Å²) in [6, 6.07) is 4.15. The Labute approximate surface area is 121 Å². The van der Waals surface area contributed by atoms with E-state index in [4.69, 9.17) is 22.5 Å². The zero-order valence-electron chi connectivity index (χ0n) is 11.3. The minimum absolute atomic E-state index is 0.127. The topological polar surface area (TPSA) is 87.7 Å². The third-order valence-corrected chi connectivity index (χ3v) is 3.65. The number of rotatable bonds is 5. The Bertz CT molecular complexity index is 530. The predicted molar refractivity (Wildman–Crippen MR) is 75.6 cm³/mol. The van der Waals surface area contributed by atoms with Crippen LogP contribution in [0.3, 0.4) is 0 Å². The van der Waals surface area contributed by atoms with E-state index in [0.29, 0.717) is 12.8 Å². The van der Waals surface area contributed by atoms with Gasteiger partial charge in [-0.15, -0.1) is 0 Å². The van der Waals surface area contributed by atoms with E-state index < -0.39 is 17.3 Å².